The number of urea groups is 1. The molecule has 1 saturated carbocycles. The number of hydrogen-bond donors (Lipinski definition) is 3. The summed E-state index contributed by atoms with van der Waals surface area (Å²) in [5.41, 5.74) is 1.00. The largest absolute Gasteiger partial charge is 0.480 e. The Bertz CT molecular complexity index is 499. The van der Waals surface area contributed by atoms with Crippen LogP contribution in [0, 0.1) is 5.41 Å². The van der Waals surface area contributed by atoms with Crippen molar-refractivity contribution in [1.82, 2.24) is 10.6 Å². The quantitative estimate of drug-likeness (QED) is 0.767. The first-order valence-electron chi connectivity index (χ1n) is 6.72. The van der Waals surface area contributed by atoms with Gasteiger partial charge in [0.15, 0.2) is 0 Å². The number of amides is 2. The summed E-state index contributed by atoms with van der Waals surface area (Å²) in [5, 5.41) is 14.5. The van der Waals surface area contributed by atoms with E-state index in [1.54, 1.807) is 0 Å². The van der Waals surface area contributed by atoms with Gasteiger partial charge in [-0.2, -0.15) is 0 Å². The topological polar surface area (TPSA) is 78.4 Å². The van der Waals surface area contributed by atoms with E-state index in [1.807, 2.05) is 30.3 Å². The fourth-order valence-corrected chi connectivity index (χ4v) is 2.12. The van der Waals surface area contributed by atoms with Gasteiger partial charge in [-0.25, -0.2) is 9.59 Å². The van der Waals surface area contributed by atoms with E-state index in [4.69, 9.17) is 0 Å². The van der Waals surface area contributed by atoms with Gasteiger partial charge in [-0.05, 0) is 17.4 Å². The minimum absolute atomic E-state index is 0.121. The second kappa shape index (κ2) is 5.53. The van der Waals surface area contributed by atoms with Crippen LogP contribution in [0.5, 0.6) is 0 Å². The normalized spacial score (nSPS) is 20.8. The molecule has 20 heavy (non-hydrogen) atoms. The summed E-state index contributed by atoms with van der Waals surface area (Å²) in [4.78, 5) is 23.0. The summed E-state index contributed by atoms with van der Waals surface area (Å²) in [6.07, 6.45) is 1.20. The summed E-state index contributed by atoms with van der Waals surface area (Å²) >= 11 is 0. The van der Waals surface area contributed by atoms with Gasteiger partial charge in [0.2, 0.25) is 0 Å². The highest BCUT2D eigenvalue weighted by Crippen LogP contribution is 2.44. The zero-order chi connectivity index (χ0) is 14.8. The number of carbonyl (C=O) groups is 2. The molecule has 2 amide bonds. The van der Waals surface area contributed by atoms with E-state index in [0.29, 0.717) is 0 Å². The first-order valence-corrected chi connectivity index (χ1v) is 6.72. The zero-order valence-corrected chi connectivity index (χ0v) is 11.7. The molecule has 5 nitrogen and oxygen atoms in total. The summed E-state index contributed by atoms with van der Waals surface area (Å²) in [6, 6.07) is 8.06. The van der Waals surface area contributed by atoms with Crippen molar-refractivity contribution < 1.29 is 14.7 Å². The molecule has 1 aliphatic rings. The molecule has 108 valence electrons. The Hall–Kier alpha value is -2.04. The van der Waals surface area contributed by atoms with E-state index in [9.17, 15) is 14.7 Å². The van der Waals surface area contributed by atoms with Crippen LogP contribution in [0.2, 0.25) is 0 Å². The molecule has 2 atom stereocenters. The molecule has 1 aromatic rings. The summed E-state index contributed by atoms with van der Waals surface area (Å²) in [6.45, 7) is 4.13. The van der Waals surface area contributed by atoms with Crippen molar-refractivity contribution in [3.05, 3.63) is 35.9 Å². The van der Waals surface area contributed by atoms with Crippen molar-refractivity contribution in [2.24, 2.45) is 5.41 Å². The molecule has 3 N–H and O–H groups in total. The Kier molecular flexibility index (Phi) is 3.97. The van der Waals surface area contributed by atoms with E-state index in [1.165, 1.54) is 0 Å². The molecule has 5 heteroatoms. The number of carbonyl (C=O) groups excluding carboxylic acids is 1. The number of carboxylic acids is 1. The minimum Gasteiger partial charge on any atom is -0.480 e. The van der Waals surface area contributed by atoms with E-state index in [0.717, 1.165) is 12.0 Å². The lowest BCUT2D eigenvalue weighted by Crippen LogP contribution is -2.48. The van der Waals surface area contributed by atoms with Gasteiger partial charge in [0.05, 0.1) is 0 Å². The van der Waals surface area contributed by atoms with Gasteiger partial charge in [-0.15, -0.1) is 0 Å². The Morgan fingerprint density at radius 2 is 1.95 bits per heavy atom. The lowest BCUT2D eigenvalue weighted by molar-refractivity contribution is -0.139. The lowest BCUT2D eigenvalue weighted by atomic mass is 10.1. The third kappa shape index (κ3) is 3.73. The molecule has 1 unspecified atom stereocenters. The van der Waals surface area contributed by atoms with Gasteiger partial charge in [0.25, 0.3) is 0 Å². The van der Waals surface area contributed by atoms with Crippen molar-refractivity contribution in [2.45, 2.75) is 38.8 Å². The number of hydrogen-bond acceptors (Lipinski definition) is 2. The number of rotatable bonds is 5. The molecule has 0 aromatic heterocycles. The van der Waals surface area contributed by atoms with E-state index >= 15 is 0 Å². The zero-order valence-electron chi connectivity index (χ0n) is 11.7. The van der Waals surface area contributed by atoms with Gasteiger partial charge < -0.3 is 15.7 Å². The van der Waals surface area contributed by atoms with Crippen LogP contribution >= 0.6 is 0 Å². The second-order valence-corrected chi connectivity index (χ2v) is 5.94. The first-order chi connectivity index (χ1) is 9.38. The smallest absolute Gasteiger partial charge is 0.326 e. The van der Waals surface area contributed by atoms with Crippen LogP contribution in [0.15, 0.2) is 30.3 Å². The molecule has 1 fully saturated rings. The van der Waals surface area contributed by atoms with Crippen LogP contribution in [0.3, 0.4) is 0 Å². The van der Waals surface area contributed by atoms with Crippen molar-refractivity contribution >= 4 is 12.0 Å². The van der Waals surface area contributed by atoms with Crippen LogP contribution in [0.1, 0.15) is 25.8 Å². The highest BCUT2D eigenvalue weighted by molar-refractivity contribution is 5.83. The maximum atomic E-state index is 11.8. The van der Waals surface area contributed by atoms with Crippen molar-refractivity contribution in [3.63, 3.8) is 0 Å². The third-order valence-electron chi connectivity index (χ3n) is 3.70. The van der Waals surface area contributed by atoms with Crippen LogP contribution in [0.4, 0.5) is 4.79 Å². The molecule has 1 aromatic carbocycles. The van der Waals surface area contributed by atoms with Crippen LogP contribution in [0.25, 0.3) is 0 Å². The Balaban J connectivity index is 1.89. The number of carboxylic acid groups (broad SMARTS) is 1. The summed E-state index contributed by atoms with van der Waals surface area (Å²) in [7, 11) is 0. The molecule has 0 aliphatic heterocycles. The van der Waals surface area contributed by atoms with E-state index in [-0.39, 0.29) is 17.9 Å². The molecule has 0 bridgehead atoms. The van der Waals surface area contributed by atoms with Crippen LogP contribution in [-0.4, -0.2) is 29.2 Å². The highest BCUT2D eigenvalue weighted by atomic mass is 16.4. The monoisotopic (exact) mass is 276 g/mol. The molecular formula is C15H20N2O3. The van der Waals surface area contributed by atoms with Crippen LogP contribution < -0.4 is 10.6 Å². The van der Waals surface area contributed by atoms with Gasteiger partial charge in [0.1, 0.15) is 6.04 Å². The second-order valence-electron chi connectivity index (χ2n) is 5.94. The van der Waals surface area contributed by atoms with Crippen molar-refractivity contribution in [3.8, 4) is 0 Å². The first kappa shape index (κ1) is 14.4. The predicted octanol–water partition coefficient (Wildman–Crippen LogP) is 1.78. The third-order valence-corrected chi connectivity index (χ3v) is 3.70. The summed E-state index contributed by atoms with van der Waals surface area (Å²) < 4.78 is 0. The molecule has 0 heterocycles. The lowest BCUT2D eigenvalue weighted by Gasteiger charge is -2.16. The molecule has 0 spiro atoms. The van der Waals surface area contributed by atoms with E-state index in [2.05, 4.69) is 24.5 Å². The van der Waals surface area contributed by atoms with Crippen molar-refractivity contribution in [2.75, 3.05) is 0 Å². The standard InChI is InChI=1S/C15H20N2O3/c1-15(2)9-12(15)17-14(20)16-11(13(18)19)8-10-6-4-3-5-7-10/h3-7,11-12H,8-9H2,1-2H3,(H,18,19)(H2,16,17,20)/t11-,12?/m1/s1. The Morgan fingerprint density at radius 1 is 1.35 bits per heavy atom. The predicted molar refractivity (Wildman–Crippen MR) is 75.4 cm³/mol. The number of benzene rings is 1. The molecular weight excluding hydrogens is 256 g/mol. The van der Waals surface area contributed by atoms with Crippen LogP contribution in [-0.2, 0) is 11.2 Å². The van der Waals surface area contributed by atoms with Gasteiger partial charge in [-0.1, -0.05) is 44.2 Å². The van der Waals surface area contributed by atoms with Gasteiger partial charge in [-0.3, -0.25) is 0 Å². The fraction of sp³-hybridized carbons (Fsp3) is 0.467. The summed E-state index contributed by atoms with van der Waals surface area (Å²) in [5.74, 6) is -1.03. The van der Waals surface area contributed by atoms with Gasteiger partial charge >= 0.3 is 12.0 Å². The molecule has 0 radical (unpaired) electrons. The number of nitrogens with one attached hydrogen (secondary N) is 2. The average Bonchev–Trinajstić information content (AvgIpc) is 2.96. The average molecular weight is 276 g/mol. The number of aliphatic carboxylic acids is 1. The SMILES string of the molecule is CC1(C)CC1NC(=O)N[C@H](Cc1ccccc1)C(=O)O. The Labute approximate surface area is 118 Å². The maximum Gasteiger partial charge on any atom is 0.326 e. The fourth-order valence-electron chi connectivity index (χ4n) is 2.12. The maximum absolute atomic E-state index is 11.8. The van der Waals surface area contributed by atoms with Gasteiger partial charge in [0, 0.05) is 12.5 Å². The molecule has 2 rings (SSSR count). The van der Waals surface area contributed by atoms with Crippen molar-refractivity contribution in [1.29, 1.82) is 0 Å². The highest BCUT2D eigenvalue weighted by Gasteiger charge is 2.46. The molecule has 0 saturated heterocycles. The minimum atomic E-state index is -1.03. The van der Waals surface area contributed by atoms with E-state index < -0.39 is 18.0 Å². The Morgan fingerprint density at radius 3 is 2.45 bits per heavy atom. The molecule has 1 aliphatic carbocycles.